The summed E-state index contributed by atoms with van der Waals surface area (Å²) in [5, 5.41) is 0. The van der Waals surface area contributed by atoms with Gasteiger partial charge in [-0.15, -0.1) is 0 Å². The molecule has 0 saturated heterocycles. The van der Waals surface area contributed by atoms with Crippen LogP contribution in [-0.2, 0) is 9.53 Å². The molecule has 0 N–H and O–H groups in total. The van der Waals surface area contributed by atoms with E-state index >= 15 is 0 Å². The second-order valence-corrected chi connectivity index (χ2v) is 10.7. The number of halogens is 33. The highest BCUT2D eigenvalue weighted by Crippen LogP contribution is 2.70. The molecule has 0 bridgehead atoms. The molecule has 0 unspecified atom stereocenters. The van der Waals surface area contributed by atoms with Gasteiger partial charge in [-0.3, -0.25) is 0 Å². The minimum absolute atomic E-state index is 0.762. The zero-order valence-electron chi connectivity index (χ0n) is 25.4. The normalized spacial score (nSPS) is 16.5. The minimum Gasteiger partial charge on any atom is -0.463 e. The molecule has 0 saturated carbocycles. The molecule has 0 spiro atoms. The van der Waals surface area contributed by atoms with Crippen molar-refractivity contribution in [2.24, 2.45) is 0 Å². The van der Waals surface area contributed by atoms with Crippen LogP contribution in [0.1, 0.15) is 13.3 Å². The van der Waals surface area contributed by atoms with Crippen molar-refractivity contribution in [3.05, 3.63) is 12.2 Å². The maximum absolute atomic E-state index is 14.0. The second kappa shape index (κ2) is 13.7. The Balaban J connectivity index is 7.67. The average Bonchev–Trinajstić information content (AvgIpc) is 2.98. The summed E-state index contributed by atoms with van der Waals surface area (Å²) in [5.41, 5.74) is -2.25. The zero-order chi connectivity index (χ0) is 47.3. The number of carbonyl (C=O) groups excluding carboxylic acids is 1. The van der Waals surface area contributed by atoms with Gasteiger partial charge in [-0.2, -0.15) is 145 Å². The SMILES string of the molecule is C=C(CC(F)(F)C(F)(F)C(F)(F)C(F)(F)C(F)(F)C(F)(F)C(F)(F)C(F)(F)C(F)(F)C(F)(F)C(F)(F)C(F)(F)C(F)(F)C(F)(F)C(F)(F)C(F)(F)F)C(=O)OCC. The summed E-state index contributed by atoms with van der Waals surface area (Å²) in [4.78, 5) is 11.2. The Morgan fingerprint density at radius 3 is 0.702 bits per heavy atom. The van der Waals surface area contributed by atoms with Crippen LogP contribution in [-0.4, -0.2) is 108 Å². The summed E-state index contributed by atoms with van der Waals surface area (Å²) in [5.74, 6) is -146. The van der Waals surface area contributed by atoms with Gasteiger partial charge < -0.3 is 4.74 Å². The first kappa shape index (κ1) is 53.9. The van der Waals surface area contributed by atoms with Gasteiger partial charge in [-0.1, -0.05) is 6.58 Å². The number of ether oxygens (including phenoxy) is 1. The fraction of sp³-hybridized carbons (Fsp3) is 0.864. The molecular weight excluding hydrogens is 923 g/mol. The predicted molar refractivity (Wildman–Crippen MR) is 111 cm³/mol. The molecule has 0 aliphatic heterocycles. The maximum atomic E-state index is 14.0. The van der Waals surface area contributed by atoms with Crippen LogP contribution in [0.3, 0.4) is 0 Å². The van der Waals surface area contributed by atoms with Crippen LogP contribution in [0.25, 0.3) is 0 Å². The van der Waals surface area contributed by atoms with E-state index in [-0.39, 0.29) is 0 Å². The van der Waals surface area contributed by atoms with Crippen LogP contribution in [0.4, 0.5) is 145 Å². The van der Waals surface area contributed by atoms with E-state index in [9.17, 15) is 150 Å². The van der Waals surface area contributed by atoms with Crippen molar-refractivity contribution < 1.29 is 154 Å². The number of hydrogen-bond donors (Lipinski definition) is 0. The van der Waals surface area contributed by atoms with Crippen molar-refractivity contribution in [3.63, 3.8) is 0 Å². The van der Waals surface area contributed by atoms with Crippen molar-refractivity contribution in [1.29, 1.82) is 0 Å². The summed E-state index contributed by atoms with van der Waals surface area (Å²) < 4.78 is 453. The first-order chi connectivity index (χ1) is 24.1. The van der Waals surface area contributed by atoms with Gasteiger partial charge in [0.05, 0.1) is 6.61 Å². The minimum atomic E-state index is -10.2. The molecule has 0 rings (SSSR count). The fourth-order valence-corrected chi connectivity index (χ4v) is 3.46. The zero-order valence-corrected chi connectivity index (χ0v) is 25.4. The van der Waals surface area contributed by atoms with Gasteiger partial charge in [0.1, 0.15) is 0 Å². The molecule has 0 aromatic rings. The number of hydrogen-bond acceptors (Lipinski definition) is 2. The summed E-state index contributed by atoms with van der Waals surface area (Å²) in [6.07, 6.45) is -11.9. The number of alkyl halides is 33. The topological polar surface area (TPSA) is 26.3 Å². The van der Waals surface area contributed by atoms with Gasteiger partial charge in [0, 0.05) is 12.0 Å². The molecule has 0 aliphatic rings. The van der Waals surface area contributed by atoms with Gasteiger partial charge in [0.25, 0.3) is 0 Å². The average molecular weight is 932 g/mol. The van der Waals surface area contributed by atoms with Crippen molar-refractivity contribution in [3.8, 4) is 0 Å². The van der Waals surface area contributed by atoms with E-state index < -0.39 is 120 Å². The Labute approximate surface area is 288 Å². The van der Waals surface area contributed by atoms with Crippen LogP contribution in [0.2, 0.25) is 0 Å². The third-order valence-electron chi connectivity index (χ3n) is 6.94. The lowest BCUT2D eigenvalue weighted by molar-refractivity contribution is -0.491. The molecule has 0 fully saturated rings. The molecule has 0 aliphatic carbocycles. The summed E-state index contributed by atoms with van der Waals surface area (Å²) in [6.45, 7) is 1.93. The fourth-order valence-electron chi connectivity index (χ4n) is 3.46. The Morgan fingerprint density at radius 1 is 0.351 bits per heavy atom. The number of rotatable bonds is 18. The lowest BCUT2D eigenvalue weighted by Gasteiger charge is -2.47. The monoisotopic (exact) mass is 932 g/mol. The van der Waals surface area contributed by atoms with Gasteiger partial charge >= 0.3 is 101 Å². The van der Waals surface area contributed by atoms with Crippen LogP contribution in [0.5, 0.6) is 0 Å². The van der Waals surface area contributed by atoms with Crippen molar-refractivity contribution in [2.45, 2.75) is 108 Å². The Kier molecular flexibility index (Phi) is 13.0. The molecule has 340 valence electrons. The first-order valence-electron chi connectivity index (χ1n) is 12.7. The largest absolute Gasteiger partial charge is 0.463 e. The second-order valence-electron chi connectivity index (χ2n) is 10.7. The third-order valence-corrected chi connectivity index (χ3v) is 6.94. The van der Waals surface area contributed by atoms with Gasteiger partial charge in [0.2, 0.25) is 0 Å². The van der Waals surface area contributed by atoms with E-state index in [2.05, 4.69) is 11.3 Å². The van der Waals surface area contributed by atoms with E-state index in [1.807, 2.05) is 0 Å². The van der Waals surface area contributed by atoms with Crippen LogP contribution in [0.15, 0.2) is 12.2 Å². The molecular formula is C22H9F33O2. The molecule has 57 heavy (non-hydrogen) atoms. The number of carbonyl (C=O) groups is 1. The smallest absolute Gasteiger partial charge is 0.460 e. The third kappa shape index (κ3) is 6.62. The van der Waals surface area contributed by atoms with Crippen molar-refractivity contribution >= 4 is 5.97 Å². The van der Waals surface area contributed by atoms with E-state index in [0.29, 0.717) is 0 Å². The summed E-state index contributed by atoms with van der Waals surface area (Å²) in [6, 6.07) is 0. The van der Waals surface area contributed by atoms with Gasteiger partial charge in [-0.25, -0.2) is 4.79 Å². The lowest BCUT2D eigenvalue weighted by Crippen LogP contribution is -2.80. The Morgan fingerprint density at radius 2 is 0.526 bits per heavy atom. The highest BCUT2D eigenvalue weighted by atomic mass is 19.4. The Bertz CT molecular complexity index is 1500. The molecule has 0 aromatic carbocycles. The standard InChI is InChI=1S/C22H9F33O2/c1-3-57-6(56)5(2)4-7(23,24)8(25,26)9(27,28)10(29,30)11(31,32)12(33,34)13(35,36)14(37,38)15(39,40)16(41,42)17(43,44)18(45,46)19(47,48)20(49,50)21(51,52)22(53,54)55/h2-4H2,1H3. The highest BCUT2D eigenvalue weighted by Gasteiger charge is 3.01. The van der Waals surface area contributed by atoms with Crippen molar-refractivity contribution in [2.75, 3.05) is 6.61 Å². The molecule has 2 nitrogen and oxygen atoms in total. The van der Waals surface area contributed by atoms with E-state index in [1.165, 1.54) is 0 Å². The molecule has 0 heterocycles. The molecule has 0 atom stereocenters. The number of esters is 1. The molecule has 35 heteroatoms. The Hall–Kier alpha value is -3.10. The van der Waals surface area contributed by atoms with E-state index in [4.69, 9.17) is 0 Å². The molecule has 0 aromatic heterocycles. The first-order valence-corrected chi connectivity index (χ1v) is 12.7. The van der Waals surface area contributed by atoms with Gasteiger partial charge in [-0.05, 0) is 6.92 Å². The highest BCUT2D eigenvalue weighted by molar-refractivity contribution is 5.87. The van der Waals surface area contributed by atoms with Crippen LogP contribution >= 0.6 is 0 Å². The molecule has 0 radical (unpaired) electrons. The van der Waals surface area contributed by atoms with Crippen molar-refractivity contribution in [1.82, 2.24) is 0 Å². The van der Waals surface area contributed by atoms with Crippen LogP contribution in [0, 0.1) is 0 Å². The molecule has 0 amide bonds. The lowest BCUT2D eigenvalue weighted by atomic mass is 9.82. The van der Waals surface area contributed by atoms with Gasteiger partial charge in [0.15, 0.2) is 0 Å². The van der Waals surface area contributed by atoms with E-state index in [1.54, 1.807) is 0 Å². The summed E-state index contributed by atoms with van der Waals surface area (Å²) in [7, 11) is 0. The quantitative estimate of drug-likeness (QED) is 0.0778. The van der Waals surface area contributed by atoms with E-state index in [0.717, 1.165) is 6.92 Å². The summed E-state index contributed by atoms with van der Waals surface area (Å²) >= 11 is 0. The predicted octanol–water partition coefficient (Wildman–Crippen LogP) is 11.6. The maximum Gasteiger partial charge on any atom is 0.460 e. The van der Waals surface area contributed by atoms with Crippen LogP contribution < -0.4 is 0 Å².